The summed E-state index contributed by atoms with van der Waals surface area (Å²) in [6, 6.07) is -0.0350. The van der Waals surface area contributed by atoms with Gasteiger partial charge in [0.05, 0.1) is 13.2 Å². The summed E-state index contributed by atoms with van der Waals surface area (Å²) in [5, 5.41) is 5.89. The van der Waals surface area contributed by atoms with Crippen LogP contribution >= 0.6 is 0 Å². The molecule has 0 radical (unpaired) electrons. The monoisotopic (exact) mass is 439 g/mol. The molecule has 3 amide bonds. The zero-order valence-corrected chi connectivity index (χ0v) is 19.8. The molecule has 2 N–H and O–H groups in total. The van der Waals surface area contributed by atoms with E-state index in [1.54, 1.807) is 0 Å². The molecule has 2 saturated heterocycles. The first kappa shape index (κ1) is 24.1. The third kappa shape index (κ3) is 6.72. The molecular formula is C23H41N3O5. The third-order valence-electron chi connectivity index (χ3n) is 6.44. The van der Waals surface area contributed by atoms with Crippen molar-refractivity contribution in [3.63, 3.8) is 0 Å². The molecule has 2 aliphatic heterocycles. The highest BCUT2D eigenvalue weighted by atomic mass is 16.7. The number of nitrogens with zero attached hydrogens (tertiary/aromatic N) is 1. The Kier molecular flexibility index (Phi) is 8.08. The van der Waals surface area contributed by atoms with Gasteiger partial charge in [-0.05, 0) is 30.6 Å². The van der Waals surface area contributed by atoms with Gasteiger partial charge in [0.25, 0.3) is 0 Å². The maximum absolute atomic E-state index is 12.6. The highest BCUT2D eigenvalue weighted by Crippen LogP contribution is 2.49. The van der Waals surface area contributed by atoms with Crippen LogP contribution in [-0.2, 0) is 14.2 Å². The lowest BCUT2D eigenvalue weighted by Gasteiger charge is -2.28. The molecule has 31 heavy (non-hydrogen) atoms. The van der Waals surface area contributed by atoms with Gasteiger partial charge < -0.3 is 29.7 Å². The number of carbonyl (C=O) groups excluding carboxylic acids is 2. The predicted octanol–water partition coefficient (Wildman–Crippen LogP) is 3.21. The van der Waals surface area contributed by atoms with Gasteiger partial charge >= 0.3 is 12.1 Å². The molecule has 5 atom stereocenters. The zero-order chi connectivity index (χ0) is 22.6. The molecule has 5 unspecified atom stereocenters. The van der Waals surface area contributed by atoms with Gasteiger partial charge in [0.15, 0.2) is 6.29 Å². The fourth-order valence-corrected chi connectivity index (χ4v) is 4.66. The van der Waals surface area contributed by atoms with E-state index in [9.17, 15) is 9.59 Å². The van der Waals surface area contributed by atoms with Crippen LogP contribution in [0.3, 0.4) is 0 Å². The molecule has 1 saturated carbocycles. The quantitative estimate of drug-likeness (QED) is 0.539. The van der Waals surface area contributed by atoms with E-state index in [1.807, 2.05) is 4.90 Å². The molecule has 3 aliphatic rings. The van der Waals surface area contributed by atoms with Crippen LogP contribution in [0.1, 0.15) is 53.9 Å². The Morgan fingerprint density at radius 2 is 1.84 bits per heavy atom. The minimum Gasteiger partial charge on any atom is -0.445 e. The van der Waals surface area contributed by atoms with E-state index >= 15 is 0 Å². The van der Waals surface area contributed by atoms with E-state index in [2.05, 4.69) is 45.3 Å². The van der Waals surface area contributed by atoms with E-state index in [0.717, 1.165) is 12.8 Å². The Labute approximate surface area is 186 Å². The number of ether oxygens (including phenoxy) is 3. The molecule has 0 aromatic carbocycles. The van der Waals surface area contributed by atoms with Gasteiger partial charge in [-0.15, -0.1) is 0 Å². The average Bonchev–Trinajstić information content (AvgIpc) is 3.21. The summed E-state index contributed by atoms with van der Waals surface area (Å²) in [5.74, 6) is 1.41. The second-order valence-corrected chi connectivity index (χ2v) is 10.9. The van der Waals surface area contributed by atoms with Gasteiger partial charge in [0.2, 0.25) is 0 Å². The van der Waals surface area contributed by atoms with Crippen molar-refractivity contribution < 1.29 is 23.8 Å². The van der Waals surface area contributed by atoms with E-state index in [4.69, 9.17) is 14.2 Å². The summed E-state index contributed by atoms with van der Waals surface area (Å²) in [6.45, 7) is 14.2. The van der Waals surface area contributed by atoms with Gasteiger partial charge in [-0.1, -0.05) is 34.6 Å². The van der Waals surface area contributed by atoms with Crippen LogP contribution in [0, 0.1) is 29.1 Å². The van der Waals surface area contributed by atoms with Gasteiger partial charge in [-0.3, -0.25) is 0 Å². The second kappa shape index (κ2) is 10.4. The summed E-state index contributed by atoms with van der Waals surface area (Å²) >= 11 is 0. The molecule has 0 spiro atoms. The van der Waals surface area contributed by atoms with E-state index < -0.39 is 0 Å². The van der Waals surface area contributed by atoms with Crippen molar-refractivity contribution in [2.45, 2.75) is 66.3 Å². The fraction of sp³-hybridized carbons (Fsp3) is 0.913. The topological polar surface area (TPSA) is 89.1 Å². The van der Waals surface area contributed by atoms with Crippen molar-refractivity contribution in [3.05, 3.63) is 0 Å². The second-order valence-electron chi connectivity index (χ2n) is 10.9. The van der Waals surface area contributed by atoms with Crippen molar-refractivity contribution in [2.75, 3.05) is 39.4 Å². The van der Waals surface area contributed by atoms with E-state index in [-0.39, 0.29) is 41.8 Å². The van der Waals surface area contributed by atoms with Gasteiger partial charge in [0.1, 0.15) is 6.10 Å². The molecule has 0 aromatic rings. The summed E-state index contributed by atoms with van der Waals surface area (Å²) in [5.41, 5.74) is 0.0403. The summed E-state index contributed by atoms with van der Waals surface area (Å²) in [4.78, 5) is 26.8. The van der Waals surface area contributed by atoms with Crippen LogP contribution in [0.15, 0.2) is 0 Å². The number of urea groups is 1. The van der Waals surface area contributed by atoms with E-state index in [1.165, 1.54) is 0 Å². The molecule has 3 rings (SSSR count). The average molecular weight is 440 g/mol. The van der Waals surface area contributed by atoms with Gasteiger partial charge in [-0.25, -0.2) is 9.59 Å². The van der Waals surface area contributed by atoms with Gasteiger partial charge in [0, 0.05) is 43.9 Å². The van der Waals surface area contributed by atoms with Crippen molar-refractivity contribution >= 4 is 12.1 Å². The van der Waals surface area contributed by atoms with Crippen LogP contribution in [0.5, 0.6) is 0 Å². The number of hydrogen-bond donors (Lipinski definition) is 2. The SMILES string of the molecule is CC(C)CCN(CCCNC(=O)OC1C2COC3OCC1C3C2)C(=O)NCC(C)(C)C. The number of hydrogen-bond acceptors (Lipinski definition) is 5. The Morgan fingerprint density at radius 3 is 2.55 bits per heavy atom. The number of alkyl carbamates (subject to hydrolysis) is 1. The minimum absolute atomic E-state index is 0.0350. The first-order valence-corrected chi connectivity index (χ1v) is 11.8. The standard InChI is InChI=1S/C23H41N3O5/c1-15(2)7-10-26(21(27)25-14-23(3,4)5)9-6-8-24-22(28)31-19-16-11-17-18(19)13-30-20(17)29-12-16/h15-20H,6-14H2,1-5H3,(H,24,28)(H,25,27). The number of amides is 3. The van der Waals surface area contributed by atoms with Gasteiger partial charge in [-0.2, -0.15) is 0 Å². The molecule has 0 aromatic heterocycles. The van der Waals surface area contributed by atoms with Crippen LogP contribution in [0.25, 0.3) is 0 Å². The molecule has 8 heteroatoms. The van der Waals surface area contributed by atoms with Crippen LogP contribution in [-0.4, -0.2) is 68.8 Å². The Balaban J connectivity index is 1.39. The maximum atomic E-state index is 12.6. The summed E-state index contributed by atoms with van der Waals surface area (Å²) < 4.78 is 17.1. The molecule has 1 aliphatic carbocycles. The lowest BCUT2D eigenvalue weighted by molar-refractivity contribution is -0.169. The Bertz CT molecular complexity index is 621. The largest absolute Gasteiger partial charge is 0.445 e. The van der Waals surface area contributed by atoms with Crippen LogP contribution in [0.4, 0.5) is 9.59 Å². The Morgan fingerprint density at radius 1 is 1.10 bits per heavy atom. The van der Waals surface area contributed by atoms with E-state index in [0.29, 0.717) is 57.6 Å². The fourth-order valence-electron chi connectivity index (χ4n) is 4.66. The minimum atomic E-state index is -0.382. The molecule has 2 heterocycles. The number of carbonyl (C=O) groups is 2. The Hall–Kier alpha value is -1.54. The highest BCUT2D eigenvalue weighted by Gasteiger charge is 2.56. The first-order chi connectivity index (χ1) is 14.6. The maximum Gasteiger partial charge on any atom is 0.407 e. The normalized spacial score (nSPS) is 29.2. The van der Waals surface area contributed by atoms with Crippen LogP contribution < -0.4 is 10.6 Å². The smallest absolute Gasteiger partial charge is 0.407 e. The summed E-state index contributed by atoms with van der Waals surface area (Å²) in [6.07, 6.45) is 2.04. The zero-order valence-electron chi connectivity index (χ0n) is 19.8. The van der Waals surface area contributed by atoms with Crippen molar-refractivity contribution in [1.82, 2.24) is 15.5 Å². The lowest BCUT2D eigenvalue weighted by atomic mass is 9.97. The predicted molar refractivity (Wildman–Crippen MR) is 118 cm³/mol. The van der Waals surface area contributed by atoms with Crippen molar-refractivity contribution in [3.8, 4) is 0 Å². The number of fused-ring (bicyclic) bond motifs is 1. The molecular weight excluding hydrogens is 398 g/mol. The third-order valence-corrected chi connectivity index (χ3v) is 6.44. The number of rotatable bonds is 9. The molecule has 3 fully saturated rings. The highest BCUT2D eigenvalue weighted by molar-refractivity contribution is 5.74. The van der Waals surface area contributed by atoms with Crippen molar-refractivity contribution in [1.29, 1.82) is 0 Å². The summed E-state index contributed by atoms with van der Waals surface area (Å²) in [7, 11) is 0. The number of nitrogens with one attached hydrogen (secondary N) is 2. The first-order valence-electron chi connectivity index (χ1n) is 11.8. The van der Waals surface area contributed by atoms with Crippen molar-refractivity contribution in [2.24, 2.45) is 29.1 Å². The molecule has 8 nitrogen and oxygen atoms in total. The molecule has 2 bridgehead atoms. The van der Waals surface area contributed by atoms with Crippen LogP contribution in [0.2, 0.25) is 0 Å². The molecule has 178 valence electrons. The lowest BCUT2D eigenvalue weighted by Crippen LogP contribution is -2.44.